The molecule has 2 N–H and O–H groups in total. The lowest BCUT2D eigenvalue weighted by Crippen LogP contribution is -2.34. The van der Waals surface area contributed by atoms with Crippen LogP contribution in [0.25, 0.3) is 0 Å². The number of hydrogen-bond acceptors (Lipinski definition) is 4. The van der Waals surface area contributed by atoms with Crippen LogP contribution in [0.15, 0.2) is 16.7 Å². The van der Waals surface area contributed by atoms with Gasteiger partial charge < -0.3 is 14.8 Å². The van der Waals surface area contributed by atoms with E-state index in [4.69, 9.17) is 4.42 Å². The molecule has 1 aliphatic heterocycles. The Labute approximate surface area is 140 Å². The van der Waals surface area contributed by atoms with Gasteiger partial charge in [-0.25, -0.2) is 0 Å². The third kappa shape index (κ3) is 4.17. The summed E-state index contributed by atoms with van der Waals surface area (Å²) in [4.78, 5) is 2.46. The Kier molecular flexibility index (Phi) is 5.45. The van der Waals surface area contributed by atoms with Crippen molar-refractivity contribution in [3.63, 3.8) is 0 Å². The number of fused-ring (bicyclic) bond motifs is 1. The van der Waals surface area contributed by atoms with Gasteiger partial charge >= 0.3 is 0 Å². The zero-order chi connectivity index (χ0) is 16.3. The van der Waals surface area contributed by atoms with E-state index in [1.54, 1.807) is 0 Å². The molecule has 1 aromatic rings. The van der Waals surface area contributed by atoms with E-state index in [1.165, 1.54) is 37.0 Å². The van der Waals surface area contributed by atoms with E-state index in [2.05, 4.69) is 30.1 Å². The first-order valence-corrected chi connectivity index (χ1v) is 9.24. The monoisotopic (exact) mass is 320 g/mol. The summed E-state index contributed by atoms with van der Waals surface area (Å²) < 4.78 is 5.67. The van der Waals surface area contributed by atoms with Gasteiger partial charge in [0.2, 0.25) is 0 Å². The van der Waals surface area contributed by atoms with Crippen molar-refractivity contribution in [2.24, 2.45) is 5.41 Å². The van der Waals surface area contributed by atoms with E-state index in [9.17, 15) is 5.11 Å². The molecule has 0 saturated carbocycles. The fraction of sp³-hybridized carbons (Fsp3) is 0.789. The number of unbranched alkanes of at least 4 members (excludes halogenated alkanes) is 1. The van der Waals surface area contributed by atoms with Crippen LogP contribution in [0.2, 0.25) is 0 Å². The van der Waals surface area contributed by atoms with E-state index in [0.29, 0.717) is 24.1 Å². The van der Waals surface area contributed by atoms with E-state index < -0.39 is 0 Å². The number of hydrogen-bond donors (Lipinski definition) is 2. The molecular weight excluding hydrogens is 288 g/mol. The van der Waals surface area contributed by atoms with Crippen molar-refractivity contribution in [2.75, 3.05) is 26.2 Å². The molecule has 4 nitrogen and oxygen atoms in total. The summed E-state index contributed by atoms with van der Waals surface area (Å²) in [6, 6.07) is 2.98. The molecule has 0 aromatic carbocycles. The summed E-state index contributed by atoms with van der Waals surface area (Å²) in [6.07, 6.45) is 8.86. The lowest BCUT2D eigenvalue weighted by molar-refractivity contribution is 0.157. The van der Waals surface area contributed by atoms with Crippen molar-refractivity contribution in [3.05, 3.63) is 23.7 Å². The highest BCUT2D eigenvalue weighted by molar-refractivity contribution is 5.26. The number of furan rings is 1. The number of aliphatic hydroxyl groups excluding tert-OH is 1. The maximum atomic E-state index is 9.37. The van der Waals surface area contributed by atoms with Gasteiger partial charge in [0.1, 0.15) is 5.76 Å². The van der Waals surface area contributed by atoms with Crippen LogP contribution >= 0.6 is 0 Å². The molecule has 0 radical (unpaired) electrons. The summed E-state index contributed by atoms with van der Waals surface area (Å²) >= 11 is 0. The van der Waals surface area contributed by atoms with Crippen LogP contribution in [0.4, 0.5) is 0 Å². The SMILES string of the molecule is CC1(C)Cc2occc2C(NCCCCN2CCCC2CO)C1. The van der Waals surface area contributed by atoms with Gasteiger partial charge in [0, 0.05) is 24.1 Å². The Balaban J connectivity index is 1.41. The molecule has 2 heterocycles. The third-order valence-electron chi connectivity index (χ3n) is 5.52. The number of likely N-dealkylation sites (tertiary alicyclic amines) is 1. The van der Waals surface area contributed by atoms with E-state index in [0.717, 1.165) is 32.5 Å². The van der Waals surface area contributed by atoms with Crippen molar-refractivity contribution < 1.29 is 9.52 Å². The summed E-state index contributed by atoms with van der Waals surface area (Å²) in [5, 5.41) is 13.1. The fourth-order valence-electron chi connectivity index (χ4n) is 4.27. The number of aliphatic hydroxyl groups is 1. The van der Waals surface area contributed by atoms with Crippen LogP contribution in [-0.2, 0) is 6.42 Å². The van der Waals surface area contributed by atoms with Gasteiger partial charge in [-0.05, 0) is 63.2 Å². The first-order chi connectivity index (χ1) is 11.1. The summed E-state index contributed by atoms with van der Waals surface area (Å²) in [6.45, 7) is 8.32. The second-order valence-electron chi connectivity index (χ2n) is 8.07. The van der Waals surface area contributed by atoms with Crippen molar-refractivity contribution >= 4 is 0 Å². The minimum Gasteiger partial charge on any atom is -0.469 e. The largest absolute Gasteiger partial charge is 0.469 e. The average molecular weight is 320 g/mol. The maximum Gasteiger partial charge on any atom is 0.109 e. The van der Waals surface area contributed by atoms with Crippen molar-refractivity contribution in [3.8, 4) is 0 Å². The normalized spacial score (nSPS) is 27.3. The number of rotatable bonds is 7. The molecule has 4 heteroatoms. The lowest BCUT2D eigenvalue weighted by atomic mass is 9.75. The van der Waals surface area contributed by atoms with Crippen molar-refractivity contribution in [1.29, 1.82) is 0 Å². The molecule has 1 fully saturated rings. The zero-order valence-corrected chi connectivity index (χ0v) is 14.7. The summed E-state index contributed by atoms with van der Waals surface area (Å²) in [5.41, 5.74) is 1.68. The van der Waals surface area contributed by atoms with E-state index in [1.807, 2.05) is 6.26 Å². The minimum atomic E-state index is 0.312. The van der Waals surface area contributed by atoms with Crippen LogP contribution in [0, 0.1) is 5.41 Å². The smallest absolute Gasteiger partial charge is 0.109 e. The highest BCUT2D eigenvalue weighted by Crippen LogP contribution is 2.41. The standard InChI is InChI=1S/C19H32N2O2/c1-19(2)12-17(16-7-11-23-18(16)13-19)20-8-3-4-9-21-10-5-6-15(21)14-22/h7,11,15,17,20,22H,3-6,8-10,12-14H2,1-2H3. The van der Waals surface area contributed by atoms with Gasteiger partial charge in [-0.2, -0.15) is 0 Å². The molecular formula is C19H32N2O2. The highest BCUT2D eigenvalue weighted by atomic mass is 16.3. The van der Waals surface area contributed by atoms with E-state index >= 15 is 0 Å². The Hall–Kier alpha value is -0.840. The van der Waals surface area contributed by atoms with Crippen LogP contribution in [0.5, 0.6) is 0 Å². The summed E-state index contributed by atoms with van der Waals surface area (Å²) in [7, 11) is 0. The van der Waals surface area contributed by atoms with Gasteiger partial charge in [-0.3, -0.25) is 4.90 Å². The van der Waals surface area contributed by atoms with Gasteiger partial charge in [0.15, 0.2) is 0 Å². The molecule has 1 aromatic heterocycles. The Morgan fingerprint density at radius 2 is 2.26 bits per heavy atom. The number of nitrogens with zero attached hydrogens (tertiary/aromatic N) is 1. The van der Waals surface area contributed by atoms with Crippen molar-refractivity contribution in [2.45, 2.75) is 64.5 Å². The van der Waals surface area contributed by atoms with Crippen LogP contribution in [0.3, 0.4) is 0 Å². The van der Waals surface area contributed by atoms with Gasteiger partial charge in [0.25, 0.3) is 0 Å². The van der Waals surface area contributed by atoms with Gasteiger partial charge in [-0.1, -0.05) is 13.8 Å². The number of nitrogens with one attached hydrogen (secondary N) is 1. The maximum absolute atomic E-state index is 9.37. The first-order valence-electron chi connectivity index (χ1n) is 9.24. The highest BCUT2D eigenvalue weighted by Gasteiger charge is 2.33. The van der Waals surface area contributed by atoms with Crippen LogP contribution < -0.4 is 5.32 Å². The second-order valence-corrected chi connectivity index (χ2v) is 8.07. The van der Waals surface area contributed by atoms with E-state index in [-0.39, 0.29) is 0 Å². The third-order valence-corrected chi connectivity index (χ3v) is 5.52. The molecule has 0 bridgehead atoms. The topological polar surface area (TPSA) is 48.6 Å². The quantitative estimate of drug-likeness (QED) is 0.758. The molecule has 0 amide bonds. The average Bonchev–Trinajstić information content (AvgIpc) is 3.13. The fourth-order valence-corrected chi connectivity index (χ4v) is 4.27. The predicted octanol–water partition coefficient (Wildman–Crippen LogP) is 3.12. The molecule has 1 aliphatic carbocycles. The molecule has 0 spiro atoms. The van der Waals surface area contributed by atoms with Gasteiger partial charge in [-0.15, -0.1) is 0 Å². The molecule has 2 unspecified atom stereocenters. The van der Waals surface area contributed by atoms with Gasteiger partial charge in [0.05, 0.1) is 12.9 Å². The minimum absolute atomic E-state index is 0.312. The first kappa shape index (κ1) is 17.0. The molecule has 1 saturated heterocycles. The molecule has 130 valence electrons. The lowest BCUT2D eigenvalue weighted by Gasteiger charge is -2.35. The second kappa shape index (κ2) is 7.37. The Bertz CT molecular complexity index is 497. The predicted molar refractivity (Wildman–Crippen MR) is 92.5 cm³/mol. The zero-order valence-electron chi connectivity index (χ0n) is 14.7. The summed E-state index contributed by atoms with van der Waals surface area (Å²) in [5.74, 6) is 1.17. The molecule has 3 rings (SSSR count). The van der Waals surface area contributed by atoms with Crippen LogP contribution in [-0.4, -0.2) is 42.3 Å². The molecule has 2 aliphatic rings. The Morgan fingerprint density at radius 1 is 1.39 bits per heavy atom. The molecule has 23 heavy (non-hydrogen) atoms. The van der Waals surface area contributed by atoms with Crippen molar-refractivity contribution in [1.82, 2.24) is 10.2 Å². The molecule has 2 atom stereocenters. The Morgan fingerprint density at radius 3 is 3.09 bits per heavy atom. The van der Waals surface area contributed by atoms with Crippen LogP contribution in [0.1, 0.15) is 63.3 Å².